The zero-order valence-electron chi connectivity index (χ0n) is 9.32. The second-order valence-electron chi connectivity index (χ2n) is 4.56. The summed E-state index contributed by atoms with van der Waals surface area (Å²) < 4.78 is 1.49. The van der Waals surface area contributed by atoms with Gasteiger partial charge in [-0.05, 0) is 0 Å². The van der Waals surface area contributed by atoms with E-state index in [1.54, 1.807) is 6.07 Å². The number of aromatic hydroxyl groups is 1. The number of aliphatic hydroxyl groups excluding tert-OH is 1. The van der Waals surface area contributed by atoms with Crippen molar-refractivity contribution in [2.45, 2.75) is 32.7 Å². The number of hydrogen-bond donors (Lipinski definition) is 2. The normalized spacial score (nSPS) is 11.7. The van der Waals surface area contributed by atoms with Gasteiger partial charge in [-0.15, -0.1) is 0 Å². The Morgan fingerprint density at radius 1 is 1.33 bits per heavy atom. The van der Waals surface area contributed by atoms with Crippen molar-refractivity contribution in [2.75, 3.05) is 6.61 Å². The SMILES string of the molecule is CC(C)(C)c1cc(O)cc(=O)n1CCO. The number of pyridine rings is 1. The molecule has 0 atom stereocenters. The molecule has 0 saturated carbocycles. The van der Waals surface area contributed by atoms with Gasteiger partial charge in [-0.25, -0.2) is 0 Å². The summed E-state index contributed by atoms with van der Waals surface area (Å²) in [6.07, 6.45) is 0. The van der Waals surface area contributed by atoms with E-state index >= 15 is 0 Å². The minimum absolute atomic E-state index is 0.0286. The van der Waals surface area contributed by atoms with Gasteiger partial charge in [0.25, 0.3) is 5.56 Å². The lowest BCUT2D eigenvalue weighted by atomic mass is 9.91. The minimum atomic E-state index is -0.283. The Morgan fingerprint density at radius 3 is 2.40 bits per heavy atom. The fourth-order valence-corrected chi connectivity index (χ4v) is 1.53. The molecule has 0 radical (unpaired) electrons. The van der Waals surface area contributed by atoms with Crippen molar-refractivity contribution >= 4 is 0 Å². The molecule has 0 unspecified atom stereocenters. The molecule has 0 aliphatic rings. The summed E-state index contributed by atoms with van der Waals surface area (Å²) in [6.45, 7) is 6.03. The van der Waals surface area contributed by atoms with Gasteiger partial charge in [-0.1, -0.05) is 20.8 Å². The molecule has 4 nitrogen and oxygen atoms in total. The highest BCUT2D eigenvalue weighted by Crippen LogP contribution is 2.23. The van der Waals surface area contributed by atoms with E-state index in [4.69, 9.17) is 5.11 Å². The summed E-state index contributed by atoms with van der Waals surface area (Å²) >= 11 is 0. The Bertz CT molecular complexity index is 401. The molecule has 1 aromatic rings. The van der Waals surface area contributed by atoms with Crippen LogP contribution in [0, 0.1) is 0 Å². The van der Waals surface area contributed by atoms with Crippen LogP contribution in [-0.4, -0.2) is 21.4 Å². The second-order valence-corrected chi connectivity index (χ2v) is 4.56. The van der Waals surface area contributed by atoms with Crippen molar-refractivity contribution in [1.29, 1.82) is 0 Å². The monoisotopic (exact) mass is 211 g/mol. The van der Waals surface area contributed by atoms with E-state index in [0.29, 0.717) is 0 Å². The van der Waals surface area contributed by atoms with E-state index in [9.17, 15) is 9.90 Å². The lowest BCUT2D eigenvalue weighted by Gasteiger charge is -2.23. The third-order valence-electron chi connectivity index (χ3n) is 2.20. The highest BCUT2D eigenvalue weighted by molar-refractivity contribution is 5.26. The molecule has 84 valence electrons. The quantitative estimate of drug-likeness (QED) is 0.762. The molecule has 0 amide bonds. The van der Waals surface area contributed by atoms with Gasteiger partial charge in [0.2, 0.25) is 0 Å². The molecule has 0 bridgehead atoms. The lowest BCUT2D eigenvalue weighted by Crippen LogP contribution is -2.30. The predicted octanol–water partition coefficient (Wildman–Crippen LogP) is 0.844. The highest BCUT2D eigenvalue weighted by Gasteiger charge is 2.19. The van der Waals surface area contributed by atoms with Crippen LogP contribution in [0.5, 0.6) is 5.75 Å². The number of nitrogens with zero attached hydrogens (tertiary/aromatic N) is 1. The molecule has 1 aromatic heterocycles. The first-order valence-electron chi connectivity index (χ1n) is 4.91. The average molecular weight is 211 g/mol. The number of hydrogen-bond acceptors (Lipinski definition) is 3. The largest absolute Gasteiger partial charge is 0.508 e. The van der Waals surface area contributed by atoms with Gasteiger partial charge in [-0.3, -0.25) is 4.79 Å². The van der Waals surface area contributed by atoms with E-state index in [1.165, 1.54) is 4.57 Å². The van der Waals surface area contributed by atoms with E-state index in [0.717, 1.165) is 11.8 Å². The van der Waals surface area contributed by atoms with Crippen LogP contribution < -0.4 is 5.56 Å². The Hall–Kier alpha value is -1.29. The first-order chi connectivity index (χ1) is 6.86. The predicted molar refractivity (Wildman–Crippen MR) is 58.2 cm³/mol. The van der Waals surface area contributed by atoms with Crippen LogP contribution in [0.25, 0.3) is 0 Å². The second kappa shape index (κ2) is 4.06. The molecule has 0 aliphatic carbocycles. The van der Waals surface area contributed by atoms with E-state index < -0.39 is 0 Å². The van der Waals surface area contributed by atoms with Gasteiger partial charge in [0, 0.05) is 29.8 Å². The maximum absolute atomic E-state index is 11.6. The number of aromatic nitrogens is 1. The van der Waals surface area contributed by atoms with Crippen molar-refractivity contribution in [3.05, 3.63) is 28.2 Å². The molecule has 0 fully saturated rings. The fourth-order valence-electron chi connectivity index (χ4n) is 1.53. The van der Waals surface area contributed by atoms with Gasteiger partial charge in [0.15, 0.2) is 0 Å². The number of rotatable bonds is 2. The fraction of sp³-hybridized carbons (Fsp3) is 0.545. The smallest absolute Gasteiger partial charge is 0.254 e. The summed E-state index contributed by atoms with van der Waals surface area (Å²) in [5, 5.41) is 18.3. The molecule has 0 saturated heterocycles. The molecule has 2 N–H and O–H groups in total. The van der Waals surface area contributed by atoms with Crippen LogP contribution in [0.1, 0.15) is 26.5 Å². The van der Waals surface area contributed by atoms with Gasteiger partial charge in [0.1, 0.15) is 5.75 Å². The van der Waals surface area contributed by atoms with E-state index in [-0.39, 0.29) is 29.9 Å². The van der Waals surface area contributed by atoms with E-state index in [1.807, 2.05) is 20.8 Å². The van der Waals surface area contributed by atoms with Gasteiger partial charge in [0.05, 0.1) is 6.61 Å². The Labute approximate surface area is 88.8 Å². The lowest BCUT2D eigenvalue weighted by molar-refractivity contribution is 0.268. The van der Waals surface area contributed by atoms with Crippen LogP contribution in [0.15, 0.2) is 16.9 Å². The maximum atomic E-state index is 11.6. The molecule has 15 heavy (non-hydrogen) atoms. The van der Waals surface area contributed by atoms with Crippen molar-refractivity contribution in [1.82, 2.24) is 4.57 Å². The van der Waals surface area contributed by atoms with Crippen molar-refractivity contribution in [3.8, 4) is 5.75 Å². The van der Waals surface area contributed by atoms with Crippen LogP contribution in [0.3, 0.4) is 0 Å². The van der Waals surface area contributed by atoms with Crippen molar-refractivity contribution < 1.29 is 10.2 Å². The standard InChI is InChI=1S/C11H17NO3/c1-11(2,3)9-6-8(14)7-10(15)12(9)4-5-13/h6-7,13-14H,4-5H2,1-3H3. The third kappa shape index (κ3) is 2.59. The summed E-state index contributed by atoms with van der Waals surface area (Å²) in [7, 11) is 0. The summed E-state index contributed by atoms with van der Waals surface area (Å²) in [6, 6.07) is 2.72. The number of aliphatic hydroxyl groups is 1. The van der Waals surface area contributed by atoms with Gasteiger partial charge >= 0.3 is 0 Å². The maximum Gasteiger partial charge on any atom is 0.254 e. The molecule has 4 heteroatoms. The summed E-state index contributed by atoms with van der Waals surface area (Å²) in [4.78, 5) is 11.6. The molecular formula is C11H17NO3. The topological polar surface area (TPSA) is 62.5 Å². The molecule has 0 aromatic carbocycles. The van der Waals surface area contributed by atoms with Crippen LogP contribution in [0.2, 0.25) is 0 Å². The Balaban J connectivity index is 3.40. The highest BCUT2D eigenvalue weighted by atomic mass is 16.3. The van der Waals surface area contributed by atoms with Crippen molar-refractivity contribution in [2.24, 2.45) is 0 Å². The molecule has 0 spiro atoms. The first-order valence-corrected chi connectivity index (χ1v) is 4.91. The third-order valence-corrected chi connectivity index (χ3v) is 2.20. The molecular weight excluding hydrogens is 194 g/mol. The molecule has 1 rings (SSSR count). The van der Waals surface area contributed by atoms with Crippen LogP contribution >= 0.6 is 0 Å². The first kappa shape index (κ1) is 11.8. The zero-order valence-corrected chi connectivity index (χ0v) is 9.32. The molecule has 0 aliphatic heterocycles. The van der Waals surface area contributed by atoms with Crippen LogP contribution in [0.4, 0.5) is 0 Å². The average Bonchev–Trinajstić information content (AvgIpc) is 2.07. The summed E-state index contributed by atoms with van der Waals surface area (Å²) in [5.41, 5.74) is 0.197. The van der Waals surface area contributed by atoms with Gasteiger partial charge in [-0.2, -0.15) is 0 Å². The van der Waals surface area contributed by atoms with Gasteiger partial charge < -0.3 is 14.8 Å². The summed E-state index contributed by atoms with van der Waals surface area (Å²) in [5.74, 6) is -0.0286. The molecule has 1 heterocycles. The zero-order chi connectivity index (χ0) is 11.6. The minimum Gasteiger partial charge on any atom is -0.508 e. The van der Waals surface area contributed by atoms with E-state index in [2.05, 4.69) is 0 Å². The Morgan fingerprint density at radius 2 is 1.93 bits per heavy atom. The Kier molecular flexibility index (Phi) is 3.19. The van der Waals surface area contributed by atoms with Crippen LogP contribution in [-0.2, 0) is 12.0 Å². The van der Waals surface area contributed by atoms with Crippen molar-refractivity contribution in [3.63, 3.8) is 0 Å².